The van der Waals surface area contributed by atoms with Crippen LogP contribution < -0.4 is 0 Å². The molecule has 1 saturated carbocycles. The molecule has 0 spiro atoms. The minimum atomic E-state index is -0.204. The SMILES string of the molecule is CCOC(C)c1noc(CN(C)C(=O)C2C(C)(C)C2(C)C)n1. The molecule has 6 nitrogen and oxygen atoms in total. The normalized spacial score (nSPS) is 20.7. The Bertz CT molecular complexity index is 537. The fourth-order valence-electron chi connectivity index (χ4n) is 3.14. The smallest absolute Gasteiger partial charge is 0.246 e. The van der Waals surface area contributed by atoms with Gasteiger partial charge in [0, 0.05) is 19.6 Å². The summed E-state index contributed by atoms with van der Waals surface area (Å²) in [6.07, 6.45) is -0.204. The van der Waals surface area contributed by atoms with Gasteiger partial charge in [-0.3, -0.25) is 4.79 Å². The van der Waals surface area contributed by atoms with Gasteiger partial charge in [0.15, 0.2) is 5.82 Å². The molecule has 1 aromatic rings. The van der Waals surface area contributed by atoms with Crippen LogP contribution in [0.2, 0.25) is 0 Å². The van der Waals surface area contributed by atoms with Crippen LogP contribution in [0.1, 0.15) is 59.4 Å². The van der Waals surface area contributed by atoms with E-state index in [1.54, 1.807) is 11.9 Å². The van der Waals surface area contributed by atoms with Gasteiger partial charge in [-0.05, 0) is 24.7 Å². The van der Waals surface area contributed by atoms with Crippen LogP contribution in [0.25, 0.3) is 0 Å². The Labute approximate surface area is 132 Å². The molecule has 0 saturated heterocycles. The van der Waals surface area contributed by atoms with E-state index in [9.17, 15) is 4.79 Å². The fraction of sp³-hybridized carbons (Fsp3) is 0.812. The molecule has 0 radical (unpaired) electrons. The van der Waals surface area contributed by atoms with Crippen LogP contribution in [0.3, 0.4) is 0 Å². The summed E-state index contributed by atoms with van der Waals surface area (Å²) >= 11 is 0. The molecule has 1 unspecified atom stereocenters. The van der Waals surface area contributed by atoms with Gasteiger partial charge in [0.1, 0.15) is 6.10 Å². The lowest BCUT2D eigenvalue weighted by Gasteiger charge is -2.16. The van der Waals surface area contributed by atoms with E-state index in [1.165, 1.54) is 0 Å². The van der Waals surface area contributed by atoms with Crippen molar-refractivity contribution < 1.29 is 14.1 Å². The lowest BCUT2D eigenvalue weighted by molar-refractivity contribution is -0.133. The topological polar surface area (TPSA) is 68.5 Å². The first-order valence-electron chi connectivity index (χ1n) is 7.82. The molecule has 1 aliphatic rings. The van der Waals surface area contributed by atoms with Gasteiger partial charge in [0.05, 0.1) is 6.54 Å². The summed E-state index contributed by atoms with van der Waals surface area (Å²) in [7, 11) is 1.78. The van der Waals surface area contributed by atoms with Crippen molar-refractivity contribution in [3.05, 3.63) is 11.7 Å². The highest BCUT2D eigenvalue weighted by atomic mass is 16.5. The number of hydrogen-bond donors (Lipinski definition) is 0. The van der Waals surface area contributed by atoms with Crippen LogP contribution in [0, 0.1) is 16.7 Å². The van der Waals surface area contributed by atoms with Gasteiger partial charge in [-0.1, -0.05) is 32.9 Å². The Hall–Kier alpha value is -1.43. The zero-order chi connectivity index (χ0) is 16.7. The molecule has 1 amide bonds. The molecule has 0 bridgehead atoms. The molecule has 1 aliphatic carbocycles. The molecular weight excluding hydrogens is 282 g/mol. The predicted molar refractivity (Wildman–Crippen MR) is 81.9 cm³/mol. The second kappa shape index (κ2) is 5.65. The Balaban J connectivity index is 1.98. The summed E-state index contributed by atoms with van der Waals surface area (Å²) < 4.78 is 10.7. The molecule has 6 heteroatoms. The first kappa shape index (κ1) is 16.9. The molecule has 124 valence electrons. The van der Waals surface area contributed by atoms with Gasteiger partial charge in [0.25, 0.3) is 0 Å². The molecule has 1 aromatic heterocycles. The average molecular weight is 309 g/mol. The number of nitrogens with zero attached hydrogens (tertiary/aromatic N) is 3. The van der Waals surface area contributed by atoms with Gasteiger partial charge in [-0.15, -0.1) is 0 Å². The molecule has 1 heterocycles. The minimum absolute atomic E-state index is 0.0296. The zero-order valence-electron chi connectivity index (χ0n) is 14.6. The highest BCUT2D eigenvalue weighted by Crippen LogP contribution is 2.68. The van der Waals surface area contributed by atoms with E-state index >= 15 is 0 Å². The Kier molecular flexibility index (Phi) is 4.35. The Morgan fingerprint density at radius 2 is 1.95 bits per heavy atom. The van der Waals surface area contributed by atoms with Crippen LogP contribution in [-0.2, 0) is 16.1 Å². The van der Waals surface area contributed by atoms with Crippen molar-refractivity contribution in [3.8, 4) is 0 Å². The molecule has 0 aromatic carbocycles. The summed E-state index contributed by atoms with van der Waals surface area (Å²) in [5.41, 5.74) is 0.0592. The number of carbonyl (C=O) groups is 1. The average Bonchev–Trinajstić information content (AvgIpc) is 2.77. The summed E-state index contributed by atoms with van der Waals surface area (Å²) in [5.74, 6) is 1.13. The third-order valence-corrected chi connectivity index (χ3v) is 5.28. The van der Waals surface area contributed by atoms with Gasteiger partial charge < -0.3 is 14.2 Å². The van der Waals surface area contributed by atoms with Crippen molar-refractivity contribution in [1.82, 2.24) is 15.0 Å². The van der Waals surface area contributed by atoms with E-state index in [0.717, 1.165) is 0 Å². The number of carbonyl (C=O) groups excluding carboxylic acids is 1. The molecule has 0 N–H and O–H groups in total. The number of amides is 1. The van der Waals surface area contributed by atoms with Crippen molar-refractivity contribution in [2.75, 3.05) is 13.7 Å². The maximum Gasteiger partial charge on any atom is 0.246 e. The lowest BCUT2D eigenvalue weighted by Crippen LogP contribution is -2.29. The van der Waals surface area contributed by atoms with Gasteiger partial charge in [-0.25, -0.2) is 0 Å². The second-order valence-corrected chi connectivity index (χ2v) is 7.21. The third kappa shape index (κ3) is 2.76. The molecule has 1 atom stereocenters. The van der Waals surface area contributed by atoms with Gasteiger partial charge >= 0.3 is 0 Å². The monoisotopic (exact) mass is 309 g/mol. The molecule has 22 heavy (non-hydrogen) atoms. The first-order chi connectivity index (χ1) is 10.1. The Morgan fingerprint density at radius 3 is 2.45 bits per heavy atom. The number of hydrogen-bond acceptors (Lipinski definition) is 5. The molecular formula is C16H27N3O3. The van der Waals surface area contributed by atoms with Gasteiger partial charge in [-0.2, -0.15) is 4.98 Å². The van der Waals surface area contributed by atoms with Crippen LogP contribution in [-0.4, -0.2) is 34.6 Å². The van der Waals surface area contributed by atoms with Crippen molar-refractivity contribution in [1.29, 1.82) is 0 Å². The molecule has 2 rings (SSSR count). The van der Waals surface area contributed by atoms with E-state index in [4.69, 9.17) is 9.26 Å². The predicted octanol–water partition coefficient (Wildman–Crippen LogP) is 2.81. The number of ether oxygens (including phenoxy) is 1. The van der Waals surface area contributed by atoms with Crippen molar-refractivity contribution in [3.63, 3.8) is 0 Å². The molecule has 0 aliphatic heterocycles. The van der Waals surface area contributed by atoms with Crippen LogP contribution >= 0.6 is 0 Å². The van der Waals surface area contributed by atoms with Crippen LogP contribution in [0.5, 0.6) is 0 Å². The van der Waals surface area contributed by atoms with Gasteiger partial charge in [0.2, 0.25) is 11.8 Å². The van der Waals surface area contributed by atoms with Crippen molar-refractivity contribution in [2.24, 2.45) is 16.7 Å². The van der Waals surface area contributed by atoms with Crippen molar-refractivity contribution >= 4 is 5.91 Å². The highest BCUT2D eigenvalue weighted by Gasteiger charge is 2.68. The summed E-state index contributed by atoms with van der Waals surface area (Å²) in [5, 5.41) is 3.92. The highest BCUT2D eigenvalue weighted by molar-refractivity contribution is 5.83. The standard InChI is InChI=1S/C16H27N3O3/c1-8-21-10(2)13-17-11(22-18-13)9-19(7)14(20)12-15(3,4)16(12,5)6/h10,12H,8-9H2,1-7H3. The fourth-order valence-corrected chi connectivity index (χ4v) is 3.14. The second-order valence-electron chi connectivity index (χ2n) is 7.21. The molecule has 1 fully saturated rings. The van der Waals surface area contributed by atoms with E-state index < -0.39 is 0 Å². The van der Waals surface area contributed by atoms with E-state index in [2.05, 4.69) is 37.8 Å². The number of aromatic nitrogens is 2. The summed E-state index contributed by atoms with van der Waals surface area (Å²) in [6.45, 7) is 13.3. The Morgan fingerprint density at radius 1 is 1.36 bits per heavy atom. The number of rotatable bonds is 6. The zero-order valence-corrected chi connectivity index (χ0v) is 14.6. The van der Waals surface area contributed by atoms with Crippen molar-refractivity contribution in [2.45, 2.75) is 54.2 Å². The lowest BCUT2D eigenvalue weighted by atomic mass is 10.0. The third-order valence-electron chi connectivity index (χ3n) is 5.28. The maximum absolute atomic E-state index is 12.6. The van der Waals surface area contributed by atoms with Crippen LogP contribution in [0.15, 0.2) is 4.52 Å². The largest absolute Gasteiger partial charge is 0.371 e. The summed E-state index contributed by atoms with van der Waals surface area (Å²) in [6, 6.07) is 0. The first-order valence-corrected chi connectivity index (χ1v) is 7.82. The minimum Gasteiger partial charge on any atom is -0.371 e. The van der Waals surface area contributed by atoms with Crippen LogP contribution in [0.4, 0.5) is 0 Å². The quantitative estimate of drug-likeness (QED) is 0.808. The van der Waals surface area contributed by atoms with E-state index in [-0.39, 0.29) is 28.8 Å². The maximum atomic E-state index is 12.6. The summed E-state index contributed by atoms with van der Waals surface area (Å²) in [4.78, 5) is 18.6. The van der Waals surface area contributed by atoms with E-state index in [0.29, 0.717) is 24.9 Å². The van der Waals surface area contributed by atoms with E-state index in [1.807, 2.05) is 13.8 Å².